The zero-order chi connectivity index (χ0) is 25.4. The summed E-state index contributed by atoms with van der Waals surface area (Å²) in [6.45, 7) is 6.59. The lowest BCUT2D eigenvalue weighted by Crippen LogP contribution is -2.45. The monoisotopic (exact) mass is 498 g/mol. The van der Waals surface area contributed by atoms with Gasteiger partial charge in [-0.25, -0.2) is 0 Å². The van der Waals surface area contributed by atoms with Gasteiger partial charge in [0.2, 0.25) is 5.88 Å². The van der Waals surface area contributed by atoms with Crippen LogP contribution in [-0.4, -0.2) is 74.0 Å². The Morgan fingerprint density at radius 2 is 1.95 bits per heavy atom. The van der Waals surface area contributed by atoms with Gasteiger partial charge in [-0.1, -0.05) is 24.3 Å². The van der Waals surface area contributed by atoms with Crippen molar-refractivity contribution in [2.24, 2.45) is 0 Å². The smallest absolute Gasteiger partial charge is 0.234 e. The van der Waals surface area contributed by atoms with E-state index in [1.807, 2.05) is 24.3 Å². The highest BCUT2D eigenvalue weighted by Gasteiger charge is 2.31. The molecule has 3 aliphatic heterocycles. The van der Waals surface area contributed by atoms with Crippen LogP contribution in [0.3, 0.4) is 0 Å². The van der Waals surface area contributed by atoms with Gasteiger partial charge in [-0.3, -0.25) is 0 Å². The van der Waals surface area contributed by atoms with Gasteiger partial charge in [0, 0.05) is 73.6 Å². The second-order valence-electron chi connectivity index (χ2n) is 10.4. The van der Waals surface area contributed by atoms with Gasteiger partial charge < -0.3 is 29.9 Å². The van der Waals surface area contributed by atoms with Crippen molar-refractivity contribution in [3.8, 4) is 17.7 Å². The summed E-state index contributed by atoms with van der Waals surface area (Å²) in [7, 11) is 2.14. The summed E-state index contributed by atoms with van der Waals surface area (Å²) in [5.74, 6) is 1.67. The molecule has 1 aromatic heterocycles. The molecule has 0 saturated carbocycles. The van der Waals surface area contributed by atoms with E-state index in [9.17, 15) is 10.4 Å². The number of aromatic nitrogens is 1. The molecule has 3 aromatic rings. The standard InChI is InChI=1S/C29H34N6O2/c1-33-11-4-6-21(33)19-37-29-25(17-30)26-18-35(27-16-22(36)15-20-5-2-3-7-23(20)27)12-8-24(26)28(32-29)34-13-9-31-10-14-34/h2-3,5,7,15-16,21,31,36H,4,6,8-14,18-19H2,1H3/t21-/m0/s1. The zero-order valence-electron chi connectivity index (χ0n) is 21.4. The predicted molar refractivity (Wildman–Crippen MR) is 146 cm³/mol. The lowest BCUT2D eigenvalue weighted by molar-refractivity contribution is 0.193. The van der Waals surface area contributed by atoms with E-state index in [4.69, 9.17) is 9.72 Å². The number of likely N-dealkylation sites (N-methyl/N-ethyl adjacent to an activating group) is 1. The van der Waals surface area contributed by atoms with Crippen molar-refractivity contribution in [2.75, 3.05) is 62.7 Å². The summed E-state index contributed by atoms with van der Waals surface area (Å²) in [5, 5.41) is 26.3. The number of benzene rings is 2. The number of phenolic OH excluding ortho intramolecular Hbond substituents is 1. The second kappa shape index (κ2) is 10.1. The van der Waals surface area contributed by atoms with Gasteiger partial charge in [-0.05, 0) is 44.3 Å². The molecule has 1 atom stereocenters. The fraction of sp³-hybridized carbons (Fsp3) is 0.448. The number of likely N-dealkylation sites (tertiary alicyclic amines) is 1. The van der Waals surface area contributed by atoms with E-state index in [-0.39, 0.29) is 5.75 Å². The van der Waals surface area contributed by atoms with Crippen LogP contribution >= 0.6 is 0 Å². The Balaban J connectivity index is 1.41. The minimum atomic E-state index is 0.251. The molecular formula is C29H34N6O2. The fourth-order valence-electron chi connectivity index (χ4n) is 6.05. The molecule has 8 nitrogen and oxygen atoms in total. The fourth-order valence-corrected chi connectivity index (χ4v) is 6.05. The minimum Gasteiger partial charge on any atom is -0.508 e. The summed E-state index contributed by atoms with van der Waals surface area (Å²) in [6, 6.07) is 14.6. The molecule has 37 heavy (non-hydrogen) atoms. The quantitative estimate of drug-likeness (QED) is 0.554. The van der Waals surface area contributed by atoms with Crippen LogP contribution in [0.2, 0.25) is 0 Å². The number of rotatable bonds is 5. The van der Waals surface area contributed by atoms with Crippen LogP contribution < -0.4 is 19.9 Å². The first-order valence-corrected chi connectivity index (χ1v) is 13.3. The Bertz CT molecular complexity index is 1350. The second-order valence-corrected chi connectivity index (χ2v) is 10.4. The average Bonchev–Trinajstić information content (AvgIpc) is 3.35. The van der Waals surface area contributed by atoms with Crippen LogP contribution in [0, 0.1) is 11.3 Å². The van der Waals surface area contributed by atoms with Crippen molar-refractivity contribution in [1.29, 1.82) is 5.26 Å². The Labute approximate surface area is 218 Å². The molecule has 0 unspecified atom stereocenters. The van der Waals surface area contributed by atoms with Crippen LogP contribution in [0.5, 0.6) is 11.6 Å². The van der Waals surface area contributed by atoms with Gasteiger partial charge in [0.05, 0.1) is 0 Å². The molecule has 4 heterocycles. The summed E-state index contributed by atoms with van der Waals surface area (Å²) in [4.78, 5) is 12.0. The van der Waals surface area contributed by atoms with E-state index in [1.54, 1.807) is 6.07 Å². The van der Waals surface area contributed by atoms with E-state index in [2.05, 4.69) is 39.2 Å². The van der Waals surface area contributed by atoms with E-state index >= 15 is 0 Å². The number of fused-ring (bicyclic) bond motifs is 2. The van der Waals surface area contributed by atoms with Crippen LogP contribution in [0.25, 0.3) is 10.8 Å². The number of anilines is 2. The summed E-state index contributed by atoms with van der Waals surface area (Å²) in [6.07, 6.45) is 3.06. The summed E-state index contributed by atoms with van der Waals surface area (Å²) in [5.41, 5.74) is 3.69. The number of piperazine rings is 1. The number of hydrogen-bond donors (Lipinski definition) is 2. The van der Waals surface area contributed by atoms with Crippen LogP contribution in [-0.2, 0) is 13.0 Å². The topological polar surface area (TPSA) is 87.9 Å². The number of ether oxygens (including phenoxy) is 1. The molecule has 2 saturated heterocycles. The first kappa shape index (κ1) is 23.8. The average molecular weight is 499 g/mol. The molecule has 192 valence electrons. The third-order valence-electron chi connectivity index (χ3n) is 8.12. The maximum Gasteiger partial charge on any atom is 0.234 e. The third kappa shape index (κ3) is 4.54. The Kier molecular flexibility index (Phi) is 6.49. The lowest BCUT2D eigenvalue weighted by atomic mass is 9.94. The van der Waals surface area contributed by atoms with Crippen molar-refractivity contribution < 1.29 is 9.84 Å². The molecule has 0 radical (unpaired) electrons. The molecule has 2 N–H and O–H groups in total. The van der Waals surface area contributed by atoms with Crippen molar-refractivity contribution in [1.82, 2.24) is 15.2 Å². The zero-order valence-corrected chi connectivity index (χ0v) is 21.4. The molecule has 0 amide bonds. The highest BCUT2D eigenvalue weighted by atomic mass is 16.5. The largest absolute Gasteiger partial charge is 0.508 e. The number of phenols is 1. The van der Waals surface area contributed by atoms with Crippen LogP contribution in [0.4, 0.5) is 11.5 Å². The van der Waals surface area contributed by atoms with Gasteiger partial charge in [0.15, 0.2) is 0 Å². The van der Waals surface area contributed by atoms with Gasteiger partial charge >= 0.3 is 0 Å². The number of pyridine rings is 1. The molecule has 0 bridgehead atoms. The van der Waals surface area contributed by atoms with Gasteiger partial charge in [0.25, 0.3) is 0 Å². The summed E-state index contributed by atoms with van der Waals surface area (Å²) >= 11 is 0. The minimum absolute atomic E-state index is 0.251. The molecule has 6 rings (SSSR count). The van der Waals surface area contributed by atoms with Gasteiger partial charge in [-0.15, -0.1) is 0 Å². The van der Waals surface area contributed by atoms with Crippen LogP contribution in [0.15, 0.2) is 36.4 Å². The maximum absolute atomic E-state index is 10.5. The van der Waals surface area contributed by atoms with E-state index in [1.165, 1.54) is 6.42 Å². The number of nitrogens with zero attached hydrogens (tertiary/aromatic N) is 5. The Morgan fingerprint density at radius 3 is 2.73 bits per heavy atom. The van der Waals surface area contributed by atoms with E-state index < -0.39 is 0 Å². The number of aromatic hydroxyl groups is 1. The predicted octanol–water partition coefficient (Wildman–Crippen LogP) is 3.26. The number of nitriles is 1. The van der Waals surface area contributed by atoms with Crippen LogP contribution in [0.1, 0.15) is 29.5 Å². The van der Waals surface area contributed by atoms with E-state index in [0.29, 0.717) is 30.6 Å². The summed E-state index contributed by atoms with van der Waals surface area (Å²) < 4.78 is 6.33. The Hall–Kier alpha value is -3.54. The molecule has 8 heteroatoms. The SMILES string of the molecule is CN1CCC[C@H]1COc1nc(N2CCNCC2)c2c(c1C#N)CN(c1cc(O)cc3ccccc13)CC2. The molecule has 2 aromatic carbocycles. The van der Waals surface area contributed by atoms with Crippen molar-refractivity contribution in [3.63, 3.8) is 0 Å². The molecular weight excluding hydrogens is 464 g/mol. The number of nitrogens with one attached hydrogen (secondary N) is 1. The van der Waals surface area contributed by atoms with Crippen molar-refractivity contribution in [3.05, 3.63) is 53.1 Å². The first-order valence-electron chi connectivity index (χ1n) is 13.3. The molecule has 0 spiro atoms. The number of hydrogen-bond acceptors (Lipinski definition) is 8. The lowest BCUT2D eigenvalue weighted by Gasteiger charge is -2.36. The first-order chi connectivity index (χ1) is 18.1. The van der Waals surface area contributed by atoms with Crippen molar-refractivity contribution in [2.45, 2.75) is 31.8 Å². The van der Waals surface area contributed by atoms with E-state index in [0.717, 1.165) is 85.5 Å². The van der Waals surface area contributed by atoms with Gasteiger partial charge in [0.1, 0.15) is 29.8 Å². The molecule has 3 aliphatic rings. The highest BCUT2D eigenvalue weighted by Crippen LogP contribution is 2.39. The molecule has 2 fully saturated rings. The van der Waals surface area contributed by atoms with Gasteiger partial charge in [-0.2, -0.15) is 10.2 Å². The Morgan fingerprint density at radius 1 is 1.11 bits per heavy atom. The normalized spacial score (nSPS) is 20.2. The van der Waals surface area contributed by atoms with Crippen molar-refractivity contribution >= 4 is 22.3 Å². The highest BCUT2D eigenvalue weighted by molar-refractivity contribution is 5.95. The molecule has 0 aliphatic carbocycles. The third-order valence-corrected chi connectivity index (χ3v) is 8.12. The maximum atomic E-state index is 10.5.